The number of aromatic nitrogens is 1. The van der Waals surface area contributed by atoms with Gasteiger partial charge in [0.05, 0.1) is 37.3 Å². The molecule has 1 heterocycles. The SMILES string of the molecule is COC(=O)Cn1c(=NC(=O)CSCc2ccccc2)sc2cc(OC)c(OC)cc21. The summed E-state index contributed by atoms with van der Waals surface area (Å²) in [6.45, 7) is -0.0603. The van der Waals surface area contributed by atoms with Crippen molar-refractivity contribution >= 4 is 45.2 Å². The molecular formula is C21H22N2O5S2. The molecular weight excluding hydrogens is 424 g/mol. The van der Waals surface area contributed by atoms with E-state index >= 15 is 0 Å². The van der Waals surface area contributed by atoms with E-state index in [9.17, 15) is 9.59 Å². The van der Waals surface area contributed by atoms with Crippen molar-refractivity contribution < 1.29 is 23.8 Å². The zero-order chi connectivity index (χ0) is 21.5. The van der Waals surface area contributed by atoms with Crippen molar-refractivity contribution in [3.8, 4) is 11.5 Å². The fraction of sp³-hybridized carbons (Fsp3) is 0.286. The molecule has 0 saturated heterocycles. The largest absolute Gasteiger partial charge is 0.493 e. The number of nitrogens with zero attached hydrogens (tertiary/aromatic N) is 2. The summed E-state index contributed by atoms with van der Waals surface area (Å²) in [5.41, 5.74) is 1.86. The van der Waals surface area contributed by atoms with Gasteiger partial charge in [-0.3, -0.25) is 9.59 Å². The van der Waals surface area contributed by atoms with Gasteiger partial charge in [0.2, 0.25) is 0 Å². The molecule has 0 unspecified atom stereocenters. The third-order valence-electron chi connectivity index (χ3n) is 4.26. The molecule has 30 heavy (non-hydrogen) atoms. The minimum Gasteiger partial charge on any atom is -0.493 e. The minimum atomic E-state index is -0.433. The molecule has 0 fully saturated rings. The van der Waals surface area contributed by atoms with Gasteiger partial charge >= 0.3 is 5.97 Å². The van der Waals surface area contributed by atoms with Crippen LogP contribution in [0.2, 0.25) is 0 Å². The molecule has 1 amide bonds. The molecule has 0 radical (unpaired) electrons. The Morgan fingerprint density at radius 1 is 1.07 bits per heavy atom. The van der Waals surface area contributed by atoms with E-state index < -0.39 is 5.97 Å². The van der Waals surface area contributed by atoms with Crippen molar-refractivity contribution in [1.82, 2.24) is 4.57 Å². The summed E-state index contributed by atoms with van der Waals surface area (Å²) in [6.07, 6.45) is 0. The van der Waals surface area contributed by atoms with Crippen LogP contribution in [0.4, 0.5) is 0 Å². The Hall–Kier alpha value is -2.78. The van der Waals surface area contributed by atoms with Crippen LogP contribution in [0.25, 0.3) is 10.2 Å². The number of benzene rings is 2. The van der Waals surface area contributed by atoms with Gasteiger partial charge in [0, 0.05) is 17.9 Å². The second kappa shape index (κ2) is 10.3. The summed E-state index contributed by atoms with van der Waals surface area (Å²) in [5.74, 6) is 1.36. The zero-order valence-corrected chi connectivity index (χ0v) is 18.5. The standard InChI is InChI=1S/C21H22N2O5S2/c1-26-16-9-15-18(10-17(16)27-2)30-21(23(15)11-20(25)28-3)22-19(24)13-29-12-14-7-5-4-6-8-14/h4-10H,11-13H2,1-3H3. The molecule has 9 heteroatoms. The Morgan fingerprint density at radius 2 is 1.77 bits per heavy atom. The van der Waals surface area contributed by atoms with Gasteiger partial charge in [-0.15, -0.1) is 11.8 Å². The Morgan fingerprint density at radius 3 is 2.43 bits per heavy atom. The molecule has 0 N–H and O–H groups in total. The molecule has 0 aliphatic rings. The first-order chi connectivity index (χ1) is 14.5. The van der Waals surface area contributed by atoms with Crippen LogP contribution < -0.4 is 14.3 Å². The molecule has 158 valence electrons. The number of thioether (sulfide) groups is 1. The van der Waals surface area contributed by atoms with E-state index in [1.54, 1.807) is 30.9 Å². The number of esters is 1. The molecule has 0 bridgehead atoms. The van der Waals surface area contributed by atoms with Gasteiger partial charge in [0.15, 0.2) is 16.3 Å². The Bertz CT molecular complexity index is 1110. The summed E-state index contributed by atoms with van der Waals surface area (Å²) in [5, 5.41) is 0. The molecule has 3 rings (SSSR count). The van der Waals surface area contributed by atoms with Crippen molar-refractivity contribution in [3.05, 3.63) is 52.8 Å². The second-order valence-corrected chi connectivity index (χ2v) is 8.20. The highest BCUT2D eigenvalue weighted by Crippen LogP contribution is 2.33. The predicted octanol–water partition coefficient (Wildman–Crippen LogP) is 3.25. The lowest BCUT2D eigenvalue weighted by molar-refractivity contribution is -0.141. The Balaban J connectivity index is 1.90. The maximum absolute atomic E-state index is 12.5. The lowest BCUT2D eigenvalue weighted by Gasteiger charge is -2.09. The number of ether oxygens (including phenoxy) is 3. The number of thiazole rings is 1. The summed E-state index contributed by atoms with van der Waals surface area (Å²) >= 11 is 2.80. The highest BCUT2D eigenvalue weighted by Gasteiger charge is 2.15. The fourth-order valence-corrected chi connectivity index (χ4v) is 4.62. The minimum absolute atomic E-state index is 0.0603. The van der Waals surface area contributed by atoms with Crippen LogP contribution in [-0.2, 0) is 26.6 Å². The molecule has 3 aromatic rings. The lowest BCUT2D eigenvalue weighted by atomic mass is 10.2. The first-order valence-corrected chi connectivity index (χ1v) is 11.0. The molecule has 7 nitrogen and oxygen atoms in total. The van der Waals surface area contributed by atoms with Gasteiger partial charge in [-0.1, -0.05) is 41.7 Å². The van der Waals surface area contributed by atoms with Crippen molar-refractivity contribution in [2.75, 3.05) is 27.1 Å². The van der Waals surface area contributed by atoms with Gasteiger partial charge in [0.1, 0.15) is 6.54 Å². The summed E-state index contributed by atoms with van der Waals surface area (Å²) in [4.78, 5) is 29.1. The van der Waals surface area contributed by atoms with Crippen LogP contribution in [0, 0.1) is 0 Å². The van der Waals surface area contributed by atoms with Crippen LogP contribution in [0.1, 0.15) is 5.56 Å². The van der Waals surface area contributed by atoms with Crippen LogP contribution in [0.15, 0.2) is 47.5 Å². The number of rotatable bonds is 8. The van der Waals surface area contributed by atoms with E-state index in [0.717, 1.165) is 16.0 Å². The van der Waals surface area contributed by atoms with Gasteiger partial charge in [-0.05, 0) is 5.56 Å². The van der Waals surface area contributed by atoms with E-state index in [1.807, 2.05) is 30.3 Å². The highest BCUT2D eigenvalue weighted by molar-refractivity contribution is 7.99. The number of methoxy groups -OCH3 is 3. The quantitative estimate of drug-likeness (QED) is 0.494. The molecule has 0 aliphatic heterocycles. The molecule has 0 spiro atoms. The van der Waals surface area contributed by atoms with Gasteiger partial charge in [-0.25, -0.2) is 0 Å². The number of hydrogen-bond acceptors (Lipinski definition) is 7. The second-order valence-electron chi connectivity index (χ2n) is 6.21. The van der Waals surface area contributed by atoms with E-state index in [2.05, 4.69) is 4.99 Å². The number of amides is 1. The molecule has 0 aliphatic carbocycles. The predicted molar refractivity (Wildman–Crippen MR) is 118 cm³/mol. The van der Waals surface area contributed by atoms with Crippen LogP contribution in [0.3, 0.4) is 0 Å². The van der Waals surface area contributed by atoms with E-state index in [0.29, 0.717) is 21.8 Å². The van der Waals surface area contributed by atoms with Crippen molar-refractivity contribution in [3.63, 3.8) is 0 Å². The average molecular weight is 447 g/mol. The van der Waals surface area contributed by atoms with Crippen LogP contribution in [-0.4, -0.2) is 43.5 Å². The van der Waals surface area contributed by atoms with Crippen molar-refractivity contribution in [2.24, 2.45) is 4.99 Å². The molecule has 2 aromatic carbocycles. The zero-order valence-electron chi connectivity index (χ0n) is 16.9. The maximum Gasteiger partial charge on any atom is 0.325 e. The van der Waals surface area contributed by atoms with Gasteiger partial charge in [0.25, 0.3) is 5.91 Å². The topological polar surface area (TPSA) is 79.1 Å². The van der Waals surface area contributed by atoms with Gasteiger partial charge in [-0.2, -0.15) is 4.99 Å². The van der Waals surface area contributed by atoms with Crippen LogP contribution in [0.5, 0.6) is 11.5 Å². The fourth-order valence-electron chi connectivity index (χ4n) is 2.80. The number of carbonyl (C=O) groups excluding carboxylic acids is 2. The Kier molecular flexibility index (Phi) is 7.53. The Labute approximate surface area is 182 Å². The monoisotopic (exact) mass is 446 g/mol. The first-order valence-electron chi connectivity index (χ1n) is 9.07. The smallest absolute Gasteiger partial charge is 0.325 e. The van der Waals surface area contributed by atoms with Crippen LogP contribution >= 0.6 is 23.1 Å². The van der Waals surface area contributed by atoms with E-state index in [-0.39, 0.29) is 18.2 Å². The summed E-state index contributed by atoms with van der Waals surface area (Å²) in [6, 6.07) is 13.5. The summed E-state index contributed by atoms with van der Waals surface area (Å²) in [7, 11) is 4.42. The summed E-state index contributed by atoms with van der Waals surface area (Å²) < 4.78 is 18.0. The molecule has 0 saturated carbocycles. The molecule has 0 atom stereocenters. The number of hydrogen-bond donors (Lipinski definition) is 0. The van der Waals surface area contributed by atoms with Gasteiger partial charge < -0.3 is 18.8 Å². The number of carbonyl (C=O) groups is 2. The first kappa shape index (κ1) is 21.9. The lowest BCUT2D eigenvalue weighted by Crippen LogP contribution is -2.22. The van der Waals surface area contributed by atoms with Crippen molar-refractivity contribution in [2.45, 2.75) is 12.3 Å². The maximum atomic E-state index is 12.5. The molecule has 1 aromatic heterocycles. The third-order valence-corrected chi connectivity index (χ3v) is 6.29. The highest BCUT2D eigenvalue weighted by atomic mass is 32.2. The van der Waals surface area contributed by atoms with E-state index in [4.69, 9.17) is 14.2 Å². The third kappa shape index (κ3) is 5.22. The van der Waals surface area contributed by atoms with Crippen molar-refractivity contribution in [1.29, 1.82) is 0 Å². The average Bonchev–Trinajstić information content (AvgIpc) is 3.08. The van der Waals surface area contributed by atoms with E-state index in [1.165, 1.54) is 30.2 Å². The normalized spacial score (nSPS) is 11.5. The number of fused-ring (bicyclic) bond motifs is 1.